The van der Waals surface area contributed by atoms with Gasteiger partial charge >= 0.3 is 0 Å². The molecule has 1 heterocycles. The lowest BCUT2D eigenvalue weighted by Crippen LogP contribution is -1.65. The van der Waals surface area contributed by atoms with Gasteiger partial charge < -0.3 is 4.52 Å². The highest BCUT2D eigenvalue weighted by atomic mass is 32.1. The van der Waals surface area contributed by atoms with E-state index in [0.29, 0.717) is 0 Å². The largest absolute Gasteiger partial charge is 0.365 e. The fourth-order valence-electron chi connectivity index (χ4n) is 0.431. The topological polar surface area (TPSA) is 26.0 Å². The van der Waals surface area contributed by atoms with Crippen molar-refractivity contribution in [3.63, 3.8) is 0 Å². The summed E-state index contributed by atoms with van der Waals surface area (Å²) in [4.78, 5) is 0. The Balaban J connectivity index is 0.000000187. The van der Waals surface area contributed by atoms with Crippen LogP contribution in [0.4, 0.5) is 0 Å². The molecule has 0 N–H and O–H groups in total. The Labute approximate surface area is 73.4 Å². The molecule has 3 heteroatoms. The average Bonchev–Trinajstić information content (AvgIpc) is 2.43. The van der Waals surface area contributed by atoms with Crippen LogP contribution in [0.3, 0.4) is 0 Å². The summed E-state index contributed by atoms with van der Waals surface area (Å²) in [6.07, 6.45) is 4.07. The van der Waals surface area contributed by atoms with Gasteiger partial charge in [0, 0.05) is 6.07 Å². The molecule has 0 aromatic carbocycles. The maximum atomic E-state index is 4.46. The van der Waals surface area contributed by atoms with Gasteiger partial charge in [-0.1, -0.05) is 18.5 Å². The first kappa shape index (κ1) is 10.6. The quantitative estimate of drug-likeness (QED) is 0.696. The smallest absolute Gasteiger partial charge is 0.124 e. The third-order valence-corrected chi connectivity index (χ3v) is 1.39. The zero-order valence-electron chi connectivity index (χ0n) is 7.08. The number of aryl methyl sites for hydroxylation is 1. The van der Waals surface area contributed by atoms with Crippen LogP contribution in [0, 0.1) is 6.92 Å². The zero-order chi connectivity index (χ0) is 8.53. The maximum absolute atomic E-state index is 4.46. The number of hydrogen-bond acceptors (Lipinski definition) is 3. The van der Waals surface area contributed by atoms with Crippen molar-refractivity contribution < 1.29 is 4.52 Å². The normalized spacial score (nSPS) is 8.64. The first-order valence-electron chi connectivity index (χ1n) is 3.79. The van der Waals surface area contributed by atoms with E-state index in [1.165, 1.54) is 12.8 Å². The van der Waals surface area contributed by atoms with Gasteiger partial charge in [0.1, 0.15) is 6.26 Å². The van der Waals surface area contributed by atoms with Crippen molar-refractivity contribution in [2.24, 2.45) is 0 Å². The van der Waals surface area contributed by atoms with Crippen molar-refractivity contribution in [2.75, 3.05) is 5.75 Å². The van der Waals surface area contributed by atoms with Crippen LogP contribution in [0.15, 0.2) is 16.9 Å². The predicted octanol–water partition coefficient (Wildman–Crippen LogP) is 2.70. The SMILES string of the molecule is CCCCS.Cc1ccon1. The molecule has 0 aliphatic carbocycles. The van der Waals surface area contributed by atoms with Gasteiger partial charge in [-0.3, -0.25) is 0 Å². The Hall–Kier alpha value is -0.440. The number of thiol groups is 1. The molecular weight excluding hydrogens is 158 g/mol. The van der Waals surface area contributed by atoms with Gasteiger partial charge in [-0.25, -0.2) is 0 Å². The van der Waals surface area contributed by atoms with E-state index < -0.39 is 0 Å². The summed E-state index contributed by atoms with van der Waals surface area (Å²) in [5.74, 6) is 1.04. The number of rotatable bonds is 2. The second-order valence-electron chi connectivity index (χ2n) is 2.22. The van der Waals surface area contributed by atoms with Crippen molar-refractivity contribution in [1.29, 1.82) is 0 Å². The zero-order valence-corrected chi connectivity index (χ0v) is 7.97. The van der Waals surface area contributed by atoms with E-state index in [1.54, 1.807) is 12.3 Å². The maximum Gasteiger partial charge on any atom is 0.124 e. The van der Waals surface area contributed by atoms with Crippen molar-refractivity contribution in [1.82, 2.24) is 5.16 Å². The van der Waals surface area contributed by atoms with Crippen LogP contribution >= 0.6 is 12.6 Å². The third kappa shape index (κ3) is 7.46. The van der Waals surface area contributed by atoms with Gasteiger partial charge in [0.15, 0.2) is 0 Å². The lowest BCUT2D eigenvalue weighted by atomic mass is 10.4. The van der Waals surface area contributed by atoms with Gasteiger partial charge in [0.05, 0.1) is 5.69 Å². The van der Waals surface area contributed by atoms with Gasteiger partial charge in [0.25, 0.3) is 0 Å². The van der Waals surface area contributed by atoms with Crippen molar-refractivity contribution in [2.45, 2.75) is 26.7 Å². The van der Waals surface area contributed by atoms with E-state index in [4.69, 9.17) is 0 Å². The van der Waals surface area contributed by atoms with E-state index in [2.05, 4.69) is 29.2 Å². The molecule has 11 heavy (non-hydrogen) atoms. The Bertz CT molecular complexity index is 149. The molecule has 0 spiro atoms. The molecule has 64 valence electrons. The van der Waals surface area contributed by atoms with Gasteiger partial charge in [-0.05, 0) is 19.1 Å². The summed E-state index contributed by atoms with van der Waals surface area (Å²) >= 11 is 4.00. The minimum Gasteiger partial charge on any atom is -0.365 e. The van der Waals surface area contributed by atoms with Crippen LogP contribution in [0.5, 0.6) is 0 Å². The lowest BCUT2D eigenvalue weighted by molar-refractivity contribution is 0.415. The molecule has 1 aromatic heterocycles. The van der Waals surface area contributed by atoms with Crippen LogP contribution in [0.25, 0.3) is 0 Å². The molecule has 0 saturated carbocycles. The van der Waals surface area contributed by atoms with E-state index >= 15 is 0 Å². The average molecular weight is 173 g/mol. The highest BCUT2D eigenvalue weighted by Crippen LogP contribution is 1.86. The monoisotopic (exact) mass is 173 g/mol. The molecule has 0 unspecified atom stereocenters. The summed E-state index contributed by atoms with van der Waals surface area (Å²) in [6, 6.07) is 1.81. The van der Waals surface area contributed by atoms with Crippen molar-refractivity contribution in [3.8, 4) is 0 Å². The van der Waals surface area contributed by atoms with E-state index in [1.807, 2.05) is 6.92 Å². The Morgan fingerprint density at radius 2 is 2.36 bits per heavy atom. The summed E-state index contributed by atoms with van der Waals surface area (Å²) in [5.41, 5.74) is 0.926. The molecule has 0 amide bonds. The lowest BCUT2D eigenvalue weighted by Gasteiger charge is -1.78. The predicted molar refractivity (Wildman–Crippen MR) is 50.0 cm³/mol. The molecule has 0 aliphatic heterocycles. The Morgan fingerprint density at radius 3 is 2.45 bits per heavy atom. The molecule has 0 atom stereocenters. The second-order valence-corrected chi connectivity index (χ2v) is 2.67. The molecular formula is C8H15NOS. The highest BCUT2D eigenvalue weighted by molar-refractivity contribution is 7.80. The summed E-state index contributed by atoms with van der Waals surface area (Å²) in [7, 11) is 0. The van der Waals surface area contributed by atoms with E-state index in [9.17, 15) is 0 Å². The number of nitrogens with zero attached hydrogens (tertiary/aromatic N) is 1. The van der Waals surface area contributed by atoms with Crippen LogP contribution in [-0.4, -0.2) is 10.9 Å². The van der Waals surface area contributed by atoms with Crippen LogP contribution < -0.4 is 0 Å². The first-order chi connectivity index (χ1) is 5.31. The minimum atomic E-state index is 0.926. The first-order valence-corrected chi connectivity index (χ1v) is 4.42. The fourth-order valence-corrected chi connectivity index (χ4v) is 0.747. The van der Waals surface area contributed by atoms with Gasteiger partial charge in [-0.2, -0.15) is 12.6 Å². The van der Waals surface area contributed by atoms with Gasteiger partial charge in [0.2, 0.25) is 0 Å². The highest BCUT2D eigenvalue weighted by Gasteiger charge is 1.78. The summed E-state index contributed by atoms with van der Waals surface area (Å²) in [6.45, 7) is 4.04. The molecule has 1 rings (SSSR count). The van der Waals surface area contributed by atoms with E-state index in [-0.39, 0.29) is 0 Å². The third-order valence-electron chi connectivity index (χ3n) is 1.08. The van der Waals surface area contributed by atoms with Gasteiger partial charge in [-0.15, -0.1) is 0 Å². The molecule has 2 nitrogen and oxygen atoms in total. The summed E-state index contributed by atoms with van der Waals surface area (Å²) < 4.78 is 4.46. The number of aromatic nitrogens is 1. The van der Waals surface area contributed by atoms with Crippen molar-refractivity contribution in [3.05, 3.63) is 18.0 Å². The Kier molecular flexibility index (Phi) is 7.36. The number of hydrogen-bond donors (Lipinski definition) is 1. The Morgan fingerprint density at radius 1 is 1.64 bits per heavy atom. The molecule has 0 bridgehead atoms. The van der Waals surface area contributed by atoms with Crippen LogP contribution in [0.1, 0.15) is 25.5 Å². The molecule has 0 fully saturated rings. The van der Waals surface area contributed by atoms with Crippen molar-refractivity contribution >= 4 is 12.6 Å². The standard InChI is InChI=1S/C4H5NO.C4H10S/c1-4-2-3-6-5-4;1-2-3-4-5/h2-3H,1H3;5H,2-4H2,1H3. The van der Waals surface area contributed by atoms with E-state index in [0.717, 1.165) is 11.4 Å². The minimum absolute atomic E-state index is 0.926. The molecule has 0 aliphatic rings. The molecule has 1 aromatic rings. The summed E-state index contributed by atoms with van der Waals surface area (Å²) in [5, 5.41) is 3.54. The second kappa shape index (κ2) is 7.66. The fraction of sp³-hybridized carbons (Fsp3) is 0.625. The van der Waals surface area contributed by atoms with Crippen LogP contribution in [-0.2, 0) is 0 Å². The molecule has 0 saturated heterocycles. The number of unbranched alkanes of at least 4 members (excludes halogenated alkanes) is 1. The molecule has 0 radical (unpaired) electrons. The van der Waals surface area contributed by atoms with Crippen LogP contribution in [0.2, 0.25) is 0 Å².